The van der Waals surface area contributed by atoms with E-state index in [1.54, 1.807) is 0 Å². The molecule has 1 saturated carbocycles. The van der Waals surface area contributed by atoms with Gasteiger partial charge >= 0.3 is 0 Å². The Hall–Kier alpha value is -2.24. The maximum Gasteiger partial charge on any atom is 0.224 e. The van der Waals surface area contributed by atoms with Crippen molar-refractivity contribution in [3.8, 4) is 5.75 Å². The number of guanidine groups is 1. The van der Waals surface area contributed by atoms with Gasteiger partial charge < -0.3 is 20.3 Å². The van der Waals surface area contributed by atoms with E-state index in [1.165, 1.54) is 12.8 Å². The molecular formula is C21H32N4O2. The fourth-order valence-electron chi connectivity index (χ4n) is 3.19. The maximum atomic E-state index is 12.1. The van der Waals surface area contributed by atoms with Gasteiger partial charge in [-0.15, -0.1) is 0 Å². The molecule has 2 aliphatic rings. The molecule has 1 heterocycles. The molecule has 1 aliphatic heterocycles. The van der Waals surface area contributed by atoms with E-state index in [-0.39, 0.29) is 5.91 Å². The standard InChI is InChI=1S/C21H32N4O2/c1-2-22-21(23-12-11-20(26)25-13-5-6-14-25)24-15-18-7-3-4-8-19(18)27-16-17-9-10-17/h3-4,7-8,17H,2,5-6,9-16H2,1H3,(H2,22,23,24). The molecule has 148 valence electrons. The molecule has 1 amide bonds. The molecule has 1 aromatic carbocycles. The Balaban J connectivity index is 1.49. The topological polar surface area (TPSA) is 66.0 Å². The molecule has 6 nitrogen and oxygen atoms in total. The Labute approximate surface area is 162 Å². The monoisotopic (exact) mass is 372 g/mol. The number of carbonyl (C=O) groups excluding carboxylic acids is 1. The molecule has 0 bridgehead atoms. The first-order chi connectivity index (χ1) is 13.3. The number of hydrogen-bond donors (Lipinski definition) is 2. The van der Waals surface area contributed by atoms with Crippen molar-refractivity contribution < 1.29 is 9.53 Å². The molecular weight excluding hydrogens is 340 g/mol. The zero-order chi connectivity index (χ0) is 18.9. The Morgan fingerprint density at radius 3 is 2.74 bits per heavy atom. The van der Waals surface area contributed by atoms with Crippen molar-refractivity contribution in [2.75, 3.05) is 32.8 Å². The highest BCUT2D eigenvalue weighted by Gasteiger charge is 2.22. The Morgan fingerprint density at radius 1 is 1.22 bits per heavy atom. The molecule has 0 spiro atoms. The molecule has 2 N–H and O–H groups in total. The van der Waals surface area contributed by atoms with Crippen LogP contribution in [0.3, 0.4) is 0 Å². The van der Waals surface area contributed by atoms with Gasteiger partial charge in [-0.05, 0) is 44.6 Å². The lowest BCUT2D eigenvalue weighted by atomic mass is 10.2. The molecule has 0 radical (unpaired) electrons. The number of likely N-dealkylation sites (tertiary alicyclic amines) is 1. The number of amides is 1. The predicted molar refractivity (Wildman–Crippen MR) is 108 cm³/mol. The molecule has 2 fully saturated rings. The summed E-state index contributed by atoms with van der Waals surface area (Å²) in [5.74, 6) is 2.63. The number of hydrogen-bond acceptors (Lipinski definition) is 3. The van der Waals surface area contributed by atoms with Crippen LogP contribution in [0.25, 0.3) is 0 Å². The van der Waals surface area contributed by atoms with Crippen molar-refractivity contribution in [3.05, 3.63) is 29.8 Å². The number of carbonyl (C=O) groups is 1. The average molecular weight is 373 g/mol. The van der Waals surface area contributed by atoms with Gasteiger partial charge in [-0.1, -0.05) is 18.2 Å². The molecule has 1 aromatic rings. The first kappa shape index (κ1) is 19.5. The Bertz CT molecular complexity index is 637. The van der Waals surface area contributed by atoms with Gasteiger partial charge in [0.1, 0.15) is 5.75 Å². The zero-order valence-corrected chi connectivity index (χ0v) is 16.4. The van der Waals surface area contributed by atoms with Gasteiger partial charge in [0.25, 0.3) is 0 Å². The number of ether oxygens (including phenoxy) is 1. The van der Waals surface area contributed by atoms with E-state index in [0.717, 1.165) is 62.3 Å². The van der Waals surface area contributed by atoms with Gasteiger partial charge in [0.2, 0.25) is 5.91 Å². The van der Waals surface area contributed by atoms with Gasteiger partial charge in [0.05, 0.1) is 13.2 Å². The number of rotatable bonds is 9. The molecule has 6 heteroatoms. The van der Waals surface area contributed by atoms with Crippen molar-refractivity contribution in [3.63, 3.8) is 0 Å². The van der Waals surface area contributed by atoms with E-state index >= 15 is 0 Å². The molecule has 0 aromatic heterocycles. The van der Waals surface area contributed by atoms with E-state index in [2.05, 4.69) is 21.7 Å². The fraction of sp³-hybridized carbons (Fsp3) is 0.619. The maximum absolute atomic E-state index is 12.1. The SMILES string of the molecule is CCNC(=NCc1ccccc1OCC1CC1)NCCC(=O)N1CCCC1. The number of benzene rings is 1. The minimum atomic E-state index is 0.231. The average Bonchev–Trinajstić information content (AvgIpc) is 3.35. The van der Waals surface area contributed by atoms with Gasteiger partial charge in [0.15, 0.2) is 5.96 Å². The minimum Gasteiger partial charge on any atom is -0.493 e. The van der Waals surface area contributed by atoms with Gasteiger partial charge in [-0.2, -0.15) is 0 Å². The number of para-hydroxylation sites is 1. The molecule has 1 aliphatic carbocycles. The lowest BCUT2D eigenvalue weighted by Crippen LogP contribution is -2.39. The summed E-state index contributed by atoms with van der Waals surface area (Å²) in [6.45, 7) is 6.59. The highest BCUT2D eigenvalue weighted by atomic mass is 16.5. The van der Waals surface area contributed by atoms with Gasteiger partial charge in [-0.25, -0.2) is 4.99 Å². The van der Waals surface area contributed by atoms with Crippen LogP contribution in [0.5, 0.6) is 5.75 Å². The Kier molecular flexibility index (Phi) is 7.36. The largest absolute Gasteiger partial charge is 0.493 e. The van der Waals surface area contributed by atoms with E-state index in [4.69, 9.17) is 4.74 Å². The smallest absolute Gasteiger partial charge is 0.224 e. The van der Waals surface area contributed by atoms with E-state index in [9.17, 15) is 4.79 Å². The second-order valence-electron chi connectivity index (χ2n) is 7.32. The number of nitrogens with one attached hydrogen (secondary N) is 2. The van der Waals surface area contributed by atoms with Crippen LogP contribution < -0.4 is 15.4 Å². The second-order valence-corrected chi connectivity index (χ2v) is 7.32. The van der Waals surface area contributed by atoms with Gasteiger partial charge in [-0.3, -0.25) is 4.79 Å². The number of aliphatic imine (C=N–C) groups is 1. The van der Waals surface area contributed by atoms with Crippen LogP contribution in [0.4, 0.5) is 0 Å². The van der Waals surface area contributed by atoms with E-state index < -0.39 is 0 Å². The summed E-state index contributed by atoms with van der Waals surface area (Å²) in [5, 5.41) is 6.52. The zero-order valence-electron chi connectivity index (χ0n) is 16.4. The minimum absolute atomic E-state index is 0.231. The van der Waals surface area contributed by atoms with Crippen molar-refractivity contribution in [2.45, 2.75) is 45.6 Å². The molecule has 0 unspecified atom stereocenters. The van der Waals surface area contributed by atoms with Crippen LogP contribution >= 0.6 is 0 Å². The van der Waals surface area contributed by atoms with Crippen molar-refractivity contribution in [1.82, 2.24) is 15.5 Å². The third-order valence-electron chi connectivity index (χ3n) is 4.99. The van der Waals surface area contributed by atoms with Crippen molar-refractivity contribution in [2.24, 2.45) is 10.9 Å². The van der Waals surface area contributed by atoms with Crippen LogP contribution in [0, 0.1) is 5.92 Å². The normalized spacial score (nSPS) is 17.1. The summed E-state index contributed by atoms with van der Waals surface area (Å²) >= 11 is 0. The van der Waals surface area contributed by atoms with Crippen LogP contribution in [-0.4, -0.2) is 49.6 Å². The summed E-state index contributed by atoms with van der Waals surface area (Å²) in [6.07, 6.45) is 5.33. The van der Waals surface area contributed by atoms with Crippen LogP contribution in [-0.2, 0) is 11.3 Å². The van der Waals surface area contributed by atoms with Crippen LogP contribution in [0.15, 0.2) is 29.3 Å². The second kappa shape index (κ2) is 10.2. The van der Waals surface area contributed by atoms with E-state index in [0.29, 0.717) is 19.5 Å². The van der Waals surface area contributed by atoms with Crippen molar-refractivity contribution >= 4 is 11.9 Å². The third kappa shape index (κ3) is 6.45. The molecule has 3 rings (SSSR count). The molecule has 0 atom stereocenters. The third-order valence-corrected chi connectivity index (χ3v) is 4.99. The lowest BCUT2D eigenvalue weighted by molar-refractivity contribution is -0.129. The summed E-state index contributed by atoms with van der Waals surface area (Å²) in [5.41, 5.74) is 1.09. The first-order valence-electron chi connectivity index (χ1n) is 10.3. The van der Waals surface area contributed by atoms with E-state index in [1.807, 2.05) is 30.0 Å². The van der Waals surface area contributed by atoms with Crippen LogP contribution in [0.1, 0.15) is 44.6 Å². The Morgan fingerprint density at radius 2 is 2.00 bits per heavy atom. The highest BCUT2D eigenvalue weighted by molar-refractivity contribution is 5.81. The summed E-state index contributed by atoms with van der Waals surface area (Å²) in [6, 6.07) is 8.10. The molecule has 27 heavy (non-hydrogen) atoms. The lowest BCUT2D eigenvalue weighted by Gasteiger charge is -2.16. The van der Waals surface area contributed by atoms with Crippen molar-refractivity contribution in [1.29, 1.82) is 0 Å². The first-order valence-corrected chi connectivity index (χ1v) is 10.3. The number of nitrogens with zero attached hydrogens (tertiary/aromatic N) is 2. The summed E-state index contributed by atoms with van der Waals surface area (Å²) < 4.78 is 5.96. The fourth-order valence-corrected chi connectivity index (χ4v) is 3.19. The quantitative estimate of drug-likeness (QED) is 0.516. The predicted octanol–water partition coefficient (Wildman–Crippen LogP) is 2.54. The highest BCUT2D eigenvalue weighted by Crippen LogP contribution is 2.30. The van der Waals surface area contributed by atoms with Crippen LogP contribution in [0.2, 0.25) is 0 Å². The molecule has 1 saturated heterocycles. The summed E-state index contributed by atoms with van der Waals surface area (Å²) in [4.78, 5) is 18.8. The van der Waals surface area contributed by atoms with Gasteiger partial charge in [0, 0.05) is 38.2 Å². The summed E-state index contributed by atoms with van der Waals surface area (Å²) in [7, 11) is 0.